The van der Waals surface area contributed by atoms with E-state index in [9.17, 15) is 13.2 Å². The molecule has 0 aromatic heterocycles. The maximum absolute atomic E-state index is 12.3. The maximum atomic E-state index is 12.3. The number of ether oxygens (including phenoxy) is 3. The highest BCUT2D eigenvalue weighted by Crippen LogP contribution is 2.33. The van der Waals surface area contributed by atoms with Crippen LogP contribution < -0.4 is 9.47 Å². The van der Waals surface area contributed by atoms with Gasteiger partial charge in [-0.05, 0) is 17.7 Å². The van der Waals surface area contributed by atoms with Crippen molar-refractivity contribution in [3.63, 3.8) is 0 Å². The van der Waals surface area contributed by atoms with Crippen LogP contribution in [0.2, 0.25) is 0 Å². The van der Waals surface area contributed by atoms with Gasteiger partial charge in [-0.25, -0.2) is 0 Å². The van der Waals surface area contributed by atoms with Crippen LogP contribution in [0.4, 0.5) is 13.2 Å². The Labute approximate surface area is 107 Å². The number of fused-ring (bicyclic) bond motifs is 1. The minimum absolute atomic E-state index is 0.0229. The monoisotopic (exact) mass is 273 g/mol. The lowest BCUT2D eigenvalue weighted by Crippen LogP contribution is -2.25. The lowest BCUT2D eigenvalue weighted by atomic mass is 10.2. The fourth-order valence-corrected chi connectivity index (χ4v) is 1.53. The quantitative estimate of drug-likeness (QED) is 0.846. The largest absolute Gasteiger partial charge is 0.454 e. The maximum Gasteiger partial charge on any atom is 0.406 e. The summed E-state index contributed by atoms with van der Waals surface area (Å²) in [5.74, 6) is -0.982. The number of alkyl halides is 3. The first-order chi connectivity index (χ1) is 9.00. The Morgan fingerprint density at radius 1 is 1.32 bits per heavy atom. The van der Waals surface area contributed by atoms with Crippen LogP contribution in [-0.2, 0) is 11.3 Å². The Bertz CT molecular complexity index is 496. The number of hydrogen-bond acceptors (Lipinski definition) is 4. The number of nitrogens with zero attached hydrogens (tertiary/aromatic N) is 1. The molecule has 1 heterocycles. The molecule has 1 aliphatic rings. The van der Waals surface area contributed by atoms with E-state index in [2.05, 4.69) is 0 Å². The van der Waals surface area contributed by atoms with E-state index < -0.39 is 18.7 Å². The molecule has 0 amide bonds. The van der Waals surface area contributed by atoms with E-state index in [0.717, 1.165) is 0 Å². The number of nitriles is 1. The van der Waals surface area contributed by atoms with Gasteiger partial charge in [0.1, 0.15) is 0 Å². The molecule has 0 bridgehead atoms. The van der Waals surface area contributed by atoms with Crippen molar-refractivity contribution < 1.29 is 27.4 Å². The van der Waals surface area contributed by atoms with Crippen LogP contribution >= 0.6 is 0 Å². The molecule has 0 aliphatic carbocycles. The standard InChI is InChI=1S/C12H10F3NO3/c13-12(14,15)9(4-16)6-17-5-8-1-2-10-11(3-8)19-7-18-10/h1-3,9H,5-7H2. The second-order valence-electron chi connectivity index (χ2n) is 3.93. The number of halogens is 3. The summed E-state index contributed by atoms with van der Waals surface area (Å²) in [7, 11) is 0. The van der Waals surface area contributed by atoms with Crippen LogP contribution in [0.3, 0.4) is 0 Å². The molecular weight excluding hydrogens is 263 g/mol. The zero-order valence-electron chi connectivity index (χ0n) is 9.74. The van der Waals surface area contributed by atoms with Crippen LogP contribution in [-0.4, -0.2) is 19.6 Å². The molecule has 7 heteroatoms. The molecule has 0 fully saturated rings. The van der Waals surface area contributed by atoms with E-state index in [4.69, 9.17) is 19.5 Å². The number of rotatable bonds is 4. The average molecular weight is 273 g/mol. The van der Waals surface area contributed by atoms with Gasteiger partial charge in [-0.15, -0.1) is 0 Å². The fraction of sp³-hybridized carbons (Fsp3) is 0.417. The van der Waals surface area contributed by atoms with Crippen molar-refractivity contribution in [3.05, 3.63) is 23.8 Å². The number of benzene rings is 1. The smallest absolute Gasteiger partial charge is 0.406 e. The molecule has 0 spiro atoms. The molecule has 19 heavy (non-hydrogen) atoms. The van der Waals surface area contributed by atoms with Gasteiger partial charge in [0, 0.05) is 0 Å². The van der Waals surface area contributed by atoms with Crippen LogP contribution in [0.25, 0.3) is 0 Å². The van der Waals surface area contributed by atoms with E-state index in [-0.39, 0.29) is 13.4 Å². The Hall–Kier alpha value is -1.94. The SMILES string of the molecule is N#CC(COCc1ccc2c(c1)OCO2)C(F)(F)F. The van der Waals surface area contributed by atoms with E-state index in [0.29, 0.717) is 17.1 Å². The van der Waals surface area contributed by atoms with Crippen LogP contribution in [0, 0.1) is 17.2 Å². The van der Waals surface area contributed by atoms with E-state index in [1.807, 2.05) is 0 Å². The van der Waals surface area contributed by atoms with Crippen molar-refractivity contribution in [2.45, 2.75) is 12.8 Å². The average Bonchev–Trinajstić information content (AvgIpc) is 2.80. The first kappa shape index (κ1) is 13.5. The summed E-state index contributed by atoms with van der Waals surface area (Å²) < 4.78 is 52.0. The molecule has 1 atom stereocenters. The lowest BCUT2D eigenvalue weighted by molar-refractivity contribution is -0.172. The molecule has 102 valence electrons. The molecule has 1 aromatic carbocycles. The summed E-state index contributed by atoms with van der Waals surface area (Å²) in [4.78, 5) is 0. The van der Waals surface area contributed by atoms with Gasteiger partial charge in [0.2, 0.25) is 6.79 Å². The van der Waals surface area contributed by atoms with Gasteiger partial charge in [-0.1, -0.05) is 6.07 Å². The van der Waals surface area contributed by atoms with Gasteiger partial charge in [0.25, 0.3) is 0 Å². The van der Waals surface area contributed by atoms with Crippen molar-refractivity contribution in [1.82, 2.24) is 0 Å². The van der Waals surface area contributed by atoms with Gasteiger partial charge >= 0.3 is 6.18 Å². The highest BCUT2D eigenvalue weighted by atomic mass is 19.4. The number of hydrogen-bond donors (Lipinski definition) is 0. The summed E-state index contributed by atoms with van der Waals surface area (Å²) in [6, 6.07) is 6.14. The second-order valence-corrected chi connectivity index (χ2v) is 3.93. The fourth-order valence-electron chi connectivity index (χ4n) is 1.53. The van der Waals surface area contributed by atoms with Crippen molar-refractivity contribution in [3.8, 4) is 17.6 Å². The van der Waals surface area contributed by atoms with Crippen LogP contribution in [0.5, 0.6) is 11.5 Å². The normalized spacial score (nSPS) is 15.1. The predicted molar refractivity (Wildman–Crippen MR) is 57.4 cm³/mol. The minimum Gasteiger partial charge on any atom is -0.454 e. The van der Waals surface area contributed by atoms with Crippen LogP contribution in [0.15, 0.2) is 18.2 Å². The molecule has 1 aliphatic heterocycles. The zero-order chi connectivity index (χ0) is 13.9. The minimum atomic E-state index is -4.57. The van der Waals surface area contributed by atoms with Crippen molar-refractivity contribution in [1.29, 1.82) is 5.26 Å². The molecule has 4 nitrogen and oxygen atoms in total. The van der Waals surface area contributed by atoms with Gasteiger partial charge in [0.15, 0.2) is 17.4 Å². The Morgan fingerprint density at radius 2 is 2.05 bits per heavy atom. The van der Waals surface area contributed by atoms with E-state index in [1.165, 1.54) is 6.07 Å². The third-order valence-electron chi connectivity index (χ3n) is 2.54. The van der Waals surface area contributed by atoms with E-state index >= 15 is 0 Å². The van der Waals surface area contributed by atoms with Crippen molar-refractivity contribution in [2.24, 2.45) is 5.92 Å². The molecule has 0 saturated heterocycles. The Morgan fingerprint density at radius 3 is 2.74 bits per heavy atom. The van der Waals surface area contributed by atoms with Crippen molar-refractivity contribution >= 4 is 0 Å². The van der Waals surface area contributed by atoms with Crippen molar-refractivity contribution in [2.75, 3.05) is 13.4 Å². The summed E-state index contributed by atoms with van der Waals surface area (Å²) in [5.41, 5.74) is 0.656. The van der Waals surface area contributed by atoms with Gasteiger partial charge in [0.05, 0.1) is 19.3 Å². The zero-order valence-corrected chi connectivity index (χ0v) is 9.74. The Kier molecular flexibility index (Phi) is 3.81. The van der Waals surface area contributed by atoms with E-state index in [1.54, 1.807) is 18.2 Å². The lowest BCUT2D eigenvalue weighted by Gasteiger charge is -2.13. The first-order valence-electron chi connectivity index (χ1n) is 5.43. The van der Waals surface area contributed by atoms with Gasteiger partial charge < -0.3 is 14.2 Å². The first-order valence-corrected chi connectivity index (χ1v) is 5.43. The Balaban J connectivity index is 1.88. The highest BCUT2D eigenvalue weighted by molar-refractivity contribution is 5.44. The predicted octanol–water partition coefficient (Wildman–Crippen LogP) is 2.63. The highest BCUT2D eigenvalue weighted by Gasteiger charge is 2.40. The van der Waals surface area contributed by atoms with Gasteiger partial charge in [-0.2, -0.15) is 18.4 Å². The second kappa shape index (κ2) is 5.36. The third-order valence-corrected chi connectivity index (χ3v) is 2.54. The molecule has 0 saturated carbocycles. The van der Waals surface area contributed by atoms with Gasteiger partial charge in [-0.3, -0.25) is 0 Å². The third kappa shape index (κ3) is 3.29. The molecule has 1 unspecified atom stereocenters. The molecule has 0 radical (unpaired) electrons. The summed E-state index contributed by atoms with van der Waals surface area (Å²) in [5, 5.41) is 8.40. The summed E-state index contributed by atoms with van der Waals surface area (Å²) in [6.07, 6.45) is -4.57. The molecule has 2 rings (SSSR count). The van der Waals surface area contributed by atoms with Crippen LogP contribution in [0.1, 0.15) is 5.56 Å². The molecule has 1 aromatic rings. The summed E-state index contributed by atoms with van der Waals surface area (Å²) >= 11 is 0. The molecular formula is C12H10F3NO3. The summed E-state index contributed by atoms with van der Waals surface area (Å²) in [6.45, 7) is -0.580. The topological polar surface area (TPSA) is 51.5 Å². The molecule has 0 N–H and O–H groups in total.